The molecule has 2 aromatic rings. The average molecular weight is 325 g/mol. The van der Waals surface area contributed by atoms with Crippen LogP contribution < -0.4 is 4.90 Å². The molecule has 24 heavy (non-hydrogen) atoms. The molecule has 1 aliphatic rings. The number of anilines is 1. The summed E-state index contributed by atoms with van der Waals surface area (Å²) in [5, 5.41) is 18.1. The number of hydrogen-bond acceptors (Lipinski definition) is 4. The van der Waals surface area contributed by atoms with Crippen molar-refractivity contribution in [2.45, 2.75) is 0 Å². The summed E-state index contributed by atoms with van der Waals surface area (Å²) >= 11 is 0. The van der Waals surface area contributed by atoms with E-state index >= 15 is 0 Å². The van der Waals surface area contributed by atoms with Crippen LogP contribution in [0.4, 0.5) is 10.1 Å². The summed E-state index contributed by atoms with van der Waals surface area (Å²) in [6.07, 6.45) is 0. The zero-order chi connectivity index (χ0) is 17.1. The minimum absolute atomic E-state index is 0.102. The number of carbonyl (C=O) groups excluding carboxylic acids is 1. The van der Waals surface area contributed by atoms with Crippen LogP contribution in [0.2, 0.25) is 0 Å². The summed E-state index contributed by atoms with van der Waals surface area (Å²) in [4.78, 5) is 16.0. The molecule has 1 N–H and O–H groups in total. The van der Waals surface area contributed by atoms with Gasteiger partial charge in [0, 0.05) is 31.7 Å². The average Bonchev–Trinajstić information content (AvgIpc) is 2.62. The van der Waals surface area contributed by atoms with E-state index in [1.807, 2.05) is 11.0 Å². The van der Waals surface area contributed by atoms with Crippen molar-refractivity contribution < 1.29 is 14.3 Å². The third-order valence-electron chi connectivity index (χ3n) is 4.10. The molecule has 0 aliphatic carbocycles. The van der Waals surface area contributed by atoms with E-state index in [-0.39, 0.29) is 17.2 Å². The van der Waals surface area contributed by atoms with Crippen LogP contribution in [0, 0.1) is 17.1 Å². The van der Waals surface area contributed by atoms with Crippen LogP contribution >= 0.6 is 0 Å². The zero-order valence-electron chi connectivity index (χ0n) is 12.9. The molecule has 0 radical (unpaired) electrons. The highest BCUT2D eigenvalue weighted by molar-refractivity contribution is 5.94. The second-order valence-corrected chi connectivity index (χ2v) is 5.60. The summed E-state index contributed by atoms with van der Waals surface area (Å²) in [5.41, 5.74) is 1.26. The van der Waals surface area contributed by atoms with Crippen LogP contribution in [0.5, 0.6) is 5.75 Å². The van der Waals surface area contributed by atoms with E-state index in [1.165, 1.54) is 18.2 Å². The van der Waals surface area contributed by atoms with Crippen molar-refractivity contribution in [3.05, 3.63) is 59.4 Å². The van der Waals surface area contributed by atoms with Gasteiger partial charge in [-0.25, -0.2) is 4.39 Å². The Labute approximate surface area is 139 Å². The van der Waals surface area contributed by atoms with Gasteiger partial charge < -0.3 is 14.9 Å². The topological polar surface area (TPSA) is 67.6 Å². The molecule has 1 amide bonds. The monoisotopic (exact) mass is 325 g/mol. The molecule has 1 aliphatic heterocycles. The first-order chi connectivity index (χ1) is 11.6. The first-order valence-corrected chi connectivity index (χ1v) is 7.61. The lowest BCUT2D eigenvalue weighted by molar-refractivity contribution is 0.0746. The fourth-order valence-corrected chi connectivity index (χ4v) is 2.77. The Morgan fingerprint density at radius 3 is 2.33 bits per heavy atom. The van der Waals surface area contributed by atoms with E-state index < -0.39 is 5.82 Å². The van der Waals surface area contributed by atoms with Crippen molar-refractivity contribution in [1.29, 1.82) is 5.26 Å². The molecule has 0 unspecified atom stereocenters. The maximum atomic E-state index is 14.1. The lowest BCUT2D eigenvalue weighted by atomic mass is 10.1. The summed E-state index contributed by atoms with van der Waals surface area (Å²) in [6, 6.07) is 12.5. The number of halogens is 1. The minimum Gasteiger partial charge on any atom is -0.508 e. The number of rotatable bonds is 2. The van der Waals surface area contributed by atoms with Crippen molar-refractivity contribution in [2.24, 2.45) is 0 Å². The van der Waals surface area contributed by atoms with E-state index in [0.717, 1.165) is 0 Å². The number of aromatic hydroxyl groups is 1. The van der Waals surface area contributed by atoms with Gasteiger partial charge in [-0.1, -0.05) is 0 Å². The quantitative estimate of drug-likeness (QED) is 0.920. The van der Waals surface area contributed by atoms with Crippen LogP contribution in [-0.2, 0) is 0 Å². The van der Waals surface area contributed by atoms with Gasteiger partial charge in [0.25, 0.3) is 5.91 Å². The van der Waals surface area contributed by atoms with E-state index in [4.69, 9.17) is 5.26 Å². The SMILES string of the molecule is N#Cc1ccc(N2CCN(C(=O)c3ccc(O)cc3)CC2)c(F)c1. The van der Waals surface area contributed by atoms with Crippen LogP contribution in [0.3, 0.4) is 0 Å². The lowest BCUT2D eigenvalue weighted by Crippen LogP contribution is -2.49. The highest BCUT2D eigenvalue weighted by atomic mass is 19.1. The number of amides is 1. The van der Waals surface area contributed by atoms with Gasteiger partial charge in [-0.05, 0) is 42.5 Å². The van der Waals surface area contributed by atoms with E-state index in [2.05, 4.69) is 0 Å². The molecule has 1 saturated heterocycles. The molecule has 0 aromatic heterocycles. The van der Waals surface area contributed by atoms with Crippen molar-refractivity contribution in [2.75, 3.05) is 31.1 Å². The Bertz CT molecular complexity index is 791. The number of phenolic OH excluding ortho intramolecular Hbond substituents is 1. The Morgan fingerprint density at radius 1 is 1.08 bits per heavy atom. The number of hydrogen-bond donors (Lipinski definition) is 1. The maximum Gasteiger partial charge on any atom is 0.253 e. The highest BCUT2D eigenvalue weighted by Gasteiger charge is 2.23. The number of phenols is 1. The van der Waals surface area contributed by atoms with Crippen molar-refractivity contribution in [3.63, 3.8) is 0 Å². The summed E-state index contributed by atoms with van der Waals surface area (Å²) in [5.74, 6) is -0.407. The van der Waals surface area contributed by atoms with Crippen LogP contribution in [0.15, 0.2) is 42.5 Å². The first kappa shape index (κ1) is 15.8. The molecule has 122 valence electrons. The molecular formula is C18H16FN3O2. The lowest BCUT2D eigenvalue weighted by Gasteiger charge is -2.36. The number of nitrogens with zero attached hydrogens (tertiary/aromatic N) is 3. The third-order valence-corrected chi connectivity index (χ3v) is 4.10. The Kier molecular flexibility index (Phi) is 4.34. The van der Waals surface area contributed by atoms with Gasteiger partial charge in [0.05, 0.1) is 17.3 Å². The smallest absolute Gasteiger partial charge is 0.253 e. The normalized spacial score (nSPS) is 14.3. The summed E-state index contributed by atoms with van der Waals surface area (Å²) < 4.78 is 14.1. The fourth-order valence-electron chi connectivity index (χ4n) is 2.77. The van der Waals surface area contributed by atoms with Crippen molar-refractivity contribution in [1.82, 2.24) is 4.90 Å². The molecule has 0 spiro atoms. The van der Waals surface area contributed by atoms with Gasteiger partial charge in [0.1, 0.15) is 11.6 Å². The van der Waals surface area contributed by atoms with Gasteiger partial charge in [-0.15, -0.1) is 0 Å². The largest absolute Gasteiger partial charge is 0.508 e. The van der Waals surface area contributed by atoms with Gasteiger partial charge in [0.15, 0.2) is 0 Å². The Hall–Kier alpha value is -3.07. The molecule has 1 fully saturated rings. The number of carbonyl (C=O) groups is 1. The third kappa shape index (κ3) is 3.15. The standard InChI is InChI=1S/C18H16FN3O2/c19-16-11-13(12-20)1-6-17(16)21-7-9-22(10-8-21)18(24)14-2-4-15(23)5-3-14/h1-6,11,23H,7-10H2. The predicted molar refractivity (Wildman–Crippen MR) is 87.3 cm³/mol. The Balaban J connectivity index is 1.66. The summed E-state index contributed by atoms with van der Waals surface area (Å²) in [6.45, 7) is 2.01. The molecule has 6 heteroatoms. The van der Waals surface area contributed by atoms with Crippen LogP contribution in [0.25, 0.3) is 0 Å². The first-order valence-electron chi connectivity index (χ1n) is 7.61. The van der Waals surface area contributed by atoms with E-state index in [1.54, 1.807) is 29.2 Å². The minimum atomic E-state index is -0.424. The predicted octanol–water partition coefficient (Wildman–Crippen LogP) is 2.37. The van der Waals surface area contributed by atoms with Gasteiger partial charge in [-0.2, -0.15) is 5.26 Å². The van der Waals surface area contributed by atoms with Crippen molar-refractivity contribution in [3.8, 4) is 11.8 Å². The van der Waals surface area contributed by atoms with Gasteiger partial charge >= 0.3 is 0 Å². The second-order valence-electron chi connectivity index (χ2n) is 5.60. The number of nitriles is 1. The molecule has 0 bridgehead atoms. The fraction of sp³-hybridized carbons (Fsp3) is 0.222. The van der Waals surface area contributed by atoms with Crippen LogP contribution in [-0.4, -0.2) is 42.1 Å². The van der Waals surface area contributed by atoms with E-state index in [0.29, 0.717) is 37.4 Å². The number of piperazine rings is 1. The number of benzene rings is 2. The molecule has 1 heterocycles. The van der Waals surface area contributed by atoms with Crippen LogP contribution in [0.1, 0.15) is 15.9 Å². The second kappa shape index (κ2) is 6.59. The molecule has 3 rings (SSSR count). The zero-order valence-corrected chi connectivity index (χ0v) is 12.9. The molecule has 5 nitrogen and oxygen atoms in total. The Morgan fingerprint density at radius 2 is 1.75 bits per heavy atom. The van der Waals surface area contributed by atoms with Gasteiger partial charge in [0.2, 0.25) is 0 Å². The maximum absolute atomic E-state index is 14.1. The molecular weight excluding hydrogens is 309 g/mol. The molecule has 0 saturated carbocycles. The van der Waals surface area contributed by atoms with E-state index in [9.17, 15) is 14.3 Å². The molecule has 0 atom stereocenters. The van der Waals surface area contributed by atoms with Crippen molar-refractivity contribution >= 4 is 11.6 Å². The van der Waals surface area contributed by atoms with Gasteiger partial charge in [-0.3, -0.25) is 4.79 Å². The molecule has 2 aromatic carbocycles. The summed E-state index contributed by atoms with van der Waals surface area (Å²) in [7, 11) is 0. The highest BCUT2D eigenvalue weighted by Crippen LogP contribution is 2.22.